The van der Waals surface area contributed by atoms with Gasteiger partial charge in [0.2, 0.25) is 0 Å². The molecule has 2 aromatic rings. The molecule has 0 N–H and O–H groups in total. The number of aryl methyl sites for hydroxylation is 2. The lowest BCUT2D eigenvalue weighted by Crippen LogP contribution is -2.00. The topological polar surface area (TPSA) is 18.5 Å². The first-order chi connectivity index (χ1) is 9.97. The smallest absolute Gasteiger partial charge is 0.162 e. The Balaban J connectivity index is 2.52. The zero-order chi connectivity index (χ0) is 15.6. The molecule has 1 unspecified atom stereocenters. The number of rotatable bonds is 4. The van der Waals surface area contributed by atoms with Gasteiger partial charge in [-0.3, -0.25) is 0 Å². The van der Waals surface area contributed by atoms with E-state index in [1.54, 1.807) is 20.3 Å². The summed E-state index contributed by atoms with van der Waals surface area (Å²) in [5.74, 6) is 1.21. The average Bonchev–Trinajstić information content (AvgIpc) is 2.48. The van der Waals surface area contributed by atoms with Gasteiger partial charge in [0.15, 0.2) is 11.5 Å². The van der Waals surface area contributed by atoms with E-state index in [0.717, 1.165) is 22.3 Å². The minimum atomic E-state index is -0.336. The molecule has 1 atom stereocenters. The molecule has 0 spiro atoms. The van der Waals surface area contributed by atoms with Gasteiger partial charge in [0.05, 0.1) is 19.6 Å². The van der Waals surface area contributed by atoms with E-state index >= 15 is 0 Å². The Morgan fingerprint density at radius 1 is 0.905 bits per heavy atom. The number of benzene rings is 2. The summed E-state index contributed by atoms with van der Waals surface area (Å²) in [4.78, 5) is 0. The third kappa shape index (κ3) is 3.28. The molecule has 0 radical (unpaired) electrons. The lowest BCUT2D eigenvalue weighted by molar-refractivity contribution is 0.354. The van der Waals surface area contributed by atoms with Crippen LogP contribution in [0.25, 0.3) is 0 Å². The van der Waals surface area contributed by atoms with Crippen LogP contribution in [0, 0.1) is 13.8 Å². The van der Waals surface area contributed by atoms with Gasteiger partial charge >= 0.3 is 0 Å². The van der Waals surface area contributed by atoms with Gasteiger partial charge in [-0.1, -0.05) is 35.4 Å². The van der Waals surface area contributed by atoms with Gasteiger partial charge in [-0.15, -0.1) is 11.6 Å². The maximum atomic E-state index is 6.66. The molecule has 2 nitrogen and oxygen atoms in total. The predicted octanol–water partition coefficient (Wildman–Crippen LogP) is 5.30. The van der Waals surface area contributed by atoms with E-state index in [2.05, 4.69) is 18.2 Å². The van der Waals surface area contributed by atoms with Crippen molar-refractivity contribution in [2.24, 2.45) is 0 Å². The largest absolute Gasteiger partial charge is 0.493 e. The highest BCUT2D eigenvalue weighted by Crippen LogP contribution is 2.41. The SMILES string of the molecule is COc1cc(Cl)c(C(Cl)c2cc(C)ccc2C)cc1OC. The van der Waals surface area contributed by atoms with Crippen molar-refractivity contribution in [3.05, 3.63) is 57.6 Å². The van der Waals surface area contributed by atoms with Crippen molar-refractivity contribution in [2.75, 3.05) is 14.2 Å². The number of alkyl halides is 1. The minimum absolute atomic E-state index is 0.336. The summed E-state index contributed by atoms with van der Waals surface area (Å²) in [6.45, 7) is 4.08. The normalized spacial score (nSPS) is 12.1. The fourth-order valence-electron chi connectivity index (χ4n) is 2.26. The maximum Gasteiger partial charge on any atom is 0.162 e. The van der Waals surface area contributed by atoms with Gasteiger partial charge in [-0.05, 0) is 36.6 Å². The molecule has 0 bridgehead atoms. The standard InChI is InChI=1S/C17H18Cl2O2/c1-10-5-6-11(2)12(7-10)17(19)13-8-15(20-3)16(21-4)9-14(13)18/h5-9,17H,1-4H3. The zero-order valence-corrected chi connectivity index (χ0v) is 14.0. The number of methoxy groups -OCH3 is 2. The molecule has 112 valence electrons. The lowest BCUT2D eigenvalue weighted by atomic mass is 9.98. The average molecular weight is 325 g/mol. The van der Waals surface area contributed by atoms with E-state index < -0.39 is 0 Å². The quantitative estimate of drug-likeness (QED) is 0.710. The molecule has 0 saturated heterocycles. The molecule has 21 heavy (non-hydrogen) atoms. The Morgan fingerprint density at radius 2 is 1.52 bits per heavy atom. The van der Waals surface area contributed by atoms with Gasteiger partial charge in [0, 0.05) is 11.1 Å². The first-order valence-electron chi connectivity index (χ1n) is 6.60. The van der Waals surface area contributed by atoms with Gasteiger partial charge < -0.3 is 9.47 Å². The molecule has 0 aliphatic rings. The predicted molar refractivity (Wildman–Crippen MR) is 88.2 cm³/mol. The number of hydrogen-bond donors (Lipinski definition) is 0. The van der Waals surface area contributed by atoms with Gasteiger partial charge in [0.1, 0.15) is 0 Å². The van der Waals surface area contributed by atoms with Crippen molar-refractivity contribution >= 4 is 23.2 Å². The van der Waals surface area contributed by atoms with E-state index in [-0.39, 0.29) is 5.38 Å². The van der Waals surface area contributed by atoms with Crippen LogP contribution in [-0.2, 0) is 0 Å². The number of halogens is 2. The fraction of sp³-hybridized carbons (Fsp3) is 0.294. The molecular formula is C17H18Cl2O2. The highest BCUT2D eigenvalue weighted by Gasteiger charge is 2.19. The lowest BCUT2D eigenvalue weighted by Gasteiger charge is -2.18. The Hall–Kier alpha value is -1.38. The molecule has 2 aromatic carbocycles. The second kappa shape index (κ2) is 6.59. The van der Waals surface area contributed by atoms with Crippen molar-refractivity contribution < 1.29 is 9.47 Å². The summed E-state index contributed by atoms with van der Waals surface area (Å²) < 4.78 is 10.6. The molecule has 2 rings (SSSR count). The molecule has 0 amide bonds. The van der Waals surface area contributed by atoms with E-state index in [0.29, 0.717) is 16.5 Å². The van der Waals surface area contributed by atoms with Crippen LogP contribution in [0.15, 0.2) is 30.3 Å². The summed E-state index contributed by atoms with van der Waals surface area (Å²) in [7, 11) is 3.17. The van der Waals surface area contributed by atoms with Crippen LogP contribution in [0.2, 0.25) is 5.02 Å². The van der Waals surface area contributed by atoms with E-state index in [9.17, 15) is 0 Å². The summed E-state index contributed by atoms with van der Waals surface area (Å²) in [5, 5.41) is 0.228. The van der Waals surface area contributed by atoms with Crippen molar-refractivity contribution in [2.45, 2.75) is 19.2 Å². The van der Waals surface area contributed by atoms with Gasteiger partial charge in [-0.2, -0.15) is 0 Å². The molecule has 4 heteroatoms. The molecule has 0 aromatic heterocycles. The number of ether oxygens (including phenoxy) is 2. The Labute approximate surface area is 135 Å². The fourth-order valence-corrected chi connectivity index (χ4v) is 3.00. The van der Waals surface area contributed by atoms with E-state index in [4.69, 9.17) is 32.7 Å². The first kappa shape index (κ1) is 16.0. The highest BCUT2D eigenvalue weighted by atomic mass is 35.5. The summed E-state index contributed by atoms with van der Waals surface area (Å²) in [6.07, 6.45) is 0. The Bertz CT molecular complexity index is 653. The van der Waals surface area contributed by atoms with Crippen LogP contribution in [0.1, 0.15) is 27.6 Å². The molecule has 0 saturated carbocycles. The van der Waals surface area contributed by atoms with Crippen LogP contribution >= 0.6 is 23.2 Å². The van der Waals surface area contributed by atoms with Gasteiger partial charge in [0.25, 0.3) is 0 Å². The Kier molecular flexibility index (Phi) is 5.02. The Morgan fingerprint density at radius 3 is 2.14 bits per heavy atom. The third-order valence-electron chi connectivity index (χ3n) is 3.48. The molecule has 0 heterocycles. The molecule has 0 aliphatic heterocycles. The third-order valence-corrected chi connectivity index (χ3v) is 4.28. The van der Waals surface area contributed by atoms with Crippen molar-refractivity contribution in [1.82, 2.24) is 0 Å². The number of hydrogen-bond acceptors (Lipinski definition) is 2. The molecule has 0 fully saturated rings. The van der Waals surface area contributed by atoms with Crippen molar-refractivity contribution in [3.8, 4) is 11.5 Å². The van der Waals surface area contributed by atoms with Crippen LogP contribution in [0.5, 0.6) is 11.5 Å². The summed E-state index contributed by atoms with van der Waals surface area (Å²) >= 11 is 13.0. The maximum absolute atomic E-state index is 6.66. The van der Waals surface area contributed by atoms with Crippen molar-refractivity contribution in [1.29, 1.82) is 0 Å². The molecule has 0 aliphatic carbocycles. The van der Waals surface area contributed by atoms with E-state index in [1.165, 1.54) is 0 Å². The monoisotopic (exact) mass is 324 g/mol. The molecular weight excluding hydrogens is 307 g/mol. The highest BCUT2D eigenvalue weighted by molar-refractivity contribution is 6.33. The van der Waals surface area contributed by atoms with E-state index in [1.807, 2.05) is 19.9 Å². The second-order valence-electron chi connectivity index (χ2n) is 4.95. The van der Waals surface area contributed by atoms with Crippen LogP contribution in [0.3, 0.4) is 0 Å². The van der Waals surface area contributed by atoms with Crippen LogP contribution in [-0.4, -0.2) is 14.2 Å². The summed E-state index contributed by atoms with van der Waals surface area (Å²) in [6, 6.07) is 9.78. The first-order valence-corrected chi connectivity index (χ1v) is 7.42. The van der Waals surface area contributed by atoms with Crippen LogP contribution in [0.4, 0.5) is 0 Å². The minimum Gasteiger partial charge on any atom is -0.493 e. The second-order valence-corrected chi connectivity index (χ2v) is 5.79. The van der Waals surface area contributed by atoms with Crippen molar-refractivity contribution in [3.63, 3.8) is 0 Å². The summed E-state index contributed by atoms with van der Waals surface area (Å²) in [5.41, 5.74) is 4.15. The zero-order valence-electron chi connectivity index (χ0n) is 12.5. The van der Waals surface area contributed by atoms with Gasteiger partial charge in [-0.25, -0.2) is 0 Å². The van der Waals surface area contributed by atoms with Crippen LogP contribution < -0.4 is 9.47 Å².